The quantitative estimate of drug-likeness (QED) is 0.888. The molecule has 0 saturated carbocycles. The van der Waals surface area contributed by atoms with Crippen molar-refractivity contribution in [2.45, 2.75) is 33.2 Å². The average molecular weight is 289 g/mol. The number of carbonyl (C=O) groups is 1. The molecule has 0 aliphatic heterocycles. The van der Waals surface area contributed by atoms with E-state index in [1.54, 1.807) is 18.2 Å². The van der Waals surface area contributed by atoms with Gasteiger partial charge in [0.05, 0.1) is 16.6 Å². The van der Waals surface area contributed by atoms with Crippen LogP contribution in [0.5, 0.6) is 0 Å². The number of imidazole rings is 1. The average Bonchev–Trinajstić information content (AvgIpc) is 2.82. The van der Waals surface area contributed by atoms with Crippen molar-refractivity contribution in [1.82, 2.24) is 14.5 Å². The predicted molar refractivity (Wildman–Crippen MR) is 84.0 cm³/mol. The van der Waals surface area contributed by atoms with Crippen LogP contribution >= 0.6 is 0 Å². The molecule has 0 atom stereocenters. The number of likely N-dealkylation sites (N-methyl/N-ethyl adjacent to an activating group) is 1. The number of carboxylic acids is 1. The Morgan fingerprint density at radius 3 is 2.71 bits per heavy atom. The van der Waals surface area contributed by atoms with Crippen LogP contribution in [-0.2, 0) is 6.54 Å². The molecule has 1 aromatic carbocycles. The maximum absolute atomic E-state index is 11.2. The molecule has 5 heteroatoms. The lowest BCUT2D eigenvalue weighted by Crippen LogP contribution is -2.23. The van der Waals surface area contributed by atoms with Gasteiger partial charge in [0.15, 0.2) is 0 Å². The van der Waals surface area contributed by atoms with E-state index in [1.165, 1.54) is 0 Å². The lowest BCUT2D eigenvalue weighted by molar-refractivity contribution is 0.0697. The SMILES string of the molecule is CCN(C)CCn1c(C(C)C)nc2ccc(C(=O)O)cc21. The number of rotatable bonds is 6. The van der Waals surface area contributed by atoms with Gasteiger partial charge in [0.25, 0.3) is 0 Å². The first-order chi connectivity index (χ1) is 9.93. The molecule has 1 aromatic heterocycles. The Morgan fingerprint density at radius 2 is 2.14 bits per heavy atom. The van der Waals surface area contributed by atoms with Gasteiger partial charge in [-0.05, 0) is 31.8 Å². The van der Waals surface area contributed by atoms with Crippen LogP contribution in [0.4, 0.5) is 0 Å². The molecule has 0 aliphatic rings. The fraction of sp³-hybridized carbons (Fsp3) is 0.500. The third-order valence-electron chi connectivity index (χ3n) is 3.79. The lowest BCUT2D eigenvalue weighted by atomic mass is 10.2. The van der Waals surface area contributed by atoms with Crippen molar-refractivity contribution in [2.24, 2.45) is 0 Å². The standard InChI is InChI=1S/C16H23N3O2/c1-5-18(4)8-9-19-14-10-12(16(20)21)6-7-13(14)17-15(19)11(2)3/h6-7,10-11H,5,8-9H2,1-4H3,(H,20,21). The van der Waals surface area contributed by atoms with Crippen molar-refractivity contribution in [2.75, 3.05) is 20.1 Å². The van der Waals surface area contributed by atoms with E-state index < -0.39 is 5.97 Å². The highest BCUT2D eigenvalue weighted by molar-refractivity contribution is 5.92. The predicted octanol–water partition coefficient (Wildman–Crippen LogP) is 2.81. The number of hydrogen-bond acceptors (Lipinski definition) is 3. The highest BCUT2D eigenvalue weighted by Gasteiger charge is 2.15. The smallest absolute Gasteiger partial charge is 0.335 e. The molecule has 0 spiro atoms. The van der Waals surface area contributed by atoms with Crippen molar-refractivity contribution in [3.05, 3.63) is 29.6 Å². The highest BCUT2D eigenvalue weighted by atomic mass is 16.4. The van der Waals surface area contributed by atoms with Crippen LogP contribution in [0.15, 0.2) is 18.2 Å². The largest absolute Gasteiger partial charge is 0.478 e. The van der Waals surface area contributed by atoms with Gasteiger partial charge in [0.2, 0.25) is 0 Å². The van der Waals surface area contributed by atoms with Gasteiger partial charge < -0.3 is 14.6 Å². The number of fused-ring (bicyclic) bond motifs is 1. The minimum atomic E-state index is -0.901. The fourth-order valence-corrected chi connectivity index (χ4v) is 2.38. The van der Waals surface area contributed by atoms with E-state index in [-0.39, 0.29) is 0 Å². The van der Waals surface area contributed by atoms with Gasteiger partial charge >= 0.3 is 5.97 Å². The molecule has 0 aliphatic carbocycles. The monoisotopic (exact) mass is 289 g/mol. The molecule has 1 N–H and O–H groups in total. The second kappa shape index (κ2) is 6.26. The van der Waals surface area contributed by atoms with Crippen LogP contribution in [0.25, 0.3) is 11.0 Å². The number of nitrogens with zero attached hydrogens (tertiary/aromatic N) is 3. The van der Waals surface area contributed by atoms with Crippen LogP contribution in [0.1, 0.15) is 42.9 Å². The summed E-state index contributed by atoms with van der Waals surface area (Å²) in [5.74, 6) is 0.413. The molecule has 2 rings (SSSR count). The summed E-state index contributed by atoms with van der Waals surface area (Å²) in [5, 5.41) is 9.17. The van der Waals surface area contributed by atoms with Gasteiger partial charge in [-0.15, -0.1) is 0 Å². The summed E-state index contributed by atoms with van der Waals surface area (Å²) in [5.41, 5.74) is 2.08. The van der Waals surface area contributed by atoms with Gasteiger partial charge in [-0.2, -0.15) is 0 Å². The molecule has 5 nitrogen and oxygen atoms in total. The maximum Gasteiger partial charge on any atom is 0.335 e. The zero-order valence-electron chi connectivity index (χ0n) is 13.1. The van der Waals surface area contributed by atoms with E-state index >= 15 is 0 Å². The molecule has 1 heterocycles. The second-order valence-electron chi connectivity index (χ2n) is 5.68. The van der Waals surface area contributed by atoms with E-state index in [0.717, 1.165) is 36.5 Å². The van der Waals surface area contributed by atoms with Crippen molar-refractivity contribution in [3.8, 4) is 0 Å². The van der Waals surface area contributed by atoms with Crippen molar-refractivity contribution >= 4 is 17.0 Å². The van der Waals surface area contributed by atoms with E-state index in [0.29, 0.717) is 11.5 Å². The molecule has 2 aromatic rings. The Morgan fingerprint density at radius 1 is 1.43 bits per heavy atom. The molecule has 0 amide bonds. The first kappa shape index (κ1) is 15.5. The molecule has 0 radical (unpaired) electrons. The molecular weight excluding hydrogens is 266 g/mol. The molecule has 0 unspecified atom stereocenters. The molecule has 114 valence electrons. The van der Waals surface area contributed by atoms with Gasteiger partial charge in [-0.25, -0.2) is 9.78 Å². The zero-order chi connectivity index (χ0) is 15.6. The Bertz CT molecular complexity index is 646. The summed E-state index contributed by atoms with van der Waals surface area (Å²) in [6.07, 6.45) is 0. The lowest BCUT2D eigenvalue weighted by Gasteiger charge is -2.17. The van der Waals surface area contributed by atoms with Crippen LogP contribution in [0, 0.1) is 0 Å². The molecular formula is C16H23N3O2. The summed E-state index contributed by atoms with van der Waals surface area (Å²) < 4.78 is 2.15. The van der Waals surface area contributed by atoms with Crippen LogP contribution in [0.2, 0.25) is 0 Å². The minimum Gasteiger partial charge on any atom is -0.478 e. The van der Waals surface area contributed by atoms with Crippen molar-refractivity contribution in [1.29, 1.82) is 0 Å². The van der Waals surface area contributed by atoms with E-state index in [4.69, 9.17) is 5.11 Å². The van der Waals surface area contributed by atoms with Crippen LogP contribution in [-0.4, -0.2) is 45.7 Å². The summed E-state index contributed by atoms with van der Waals surface area (Å²) in [6, 6.07) is 5.14. The topological polar surface area (TPSA) is 58.4 Å². The minimum absolute atomic E-state index is 0.303. The highest BCUT2D eigenvalue weighted by Crippen LogP contribution is 2.23. The Kier molecular flexibility index (Phi) is 4.63. The number of aromatic carboxylic acids is 1. The zero-order valence-corrected chi connectivity index (χ0v) is 13.1. The van der Waals surface area contributed by atoms with E-state index in [9.17, 15) is 4.79 Å². The summed E-state index contributed by atoms with van der Waals surface area (Å²) in [4.78, 5) is 18.1. The number of aromatic nitrogens is 2. The first-order valence-corrected chi connectivity index (χ1v) is 7.36. The number of hydrogen-bond donors (Lipinski definition) is 1. The van der Waals surface area contributed by atoms with Crippen LogP contribution in [0.3, 0.4) is 0 Å². The number of benzene rings is 1. The number of carboxylic acid groups (broad SMARTS) is 1. The molecule has 0 fully saturated rings. The third-order valence-corrected chi connectivity index (χ3v) is 3.79. The molecule has 0 saturated heterocycles. The third kappa shape index (κ3) is 3.24. The van der Waals surface area contributed by atoms with Gasteiger partial charge in [0, 0.05) is 19.0 Å². The Labute approximate surface area is 125 Å². The maximum atomic E-state index is 11.2. The van der Waals surface area contributed by atoms with Crippen molar-refractivity contribution < 1.29 is 9.90 Å². The molecule has 0 bridgehead atoms. The van der Waals surface area contributed by atoms with Gasteiger partial charge in [0.1, 0.15) is 5.82 Å². The Hall–Kier alpha value is -1.88. The van der Waals surface area contributed by atoms with Crippen LogP contribution < -0.4 is 0 Å². The Balaban J connectivity index is 2.48. The van der Waals surface area contributed by atoms with Gasteiger partial charge in [-0.1, -0.05) is 20.8 Å². The fourth-order valence-electron chi connectivity index (χ4n) is 2.38. The van der Waals surface area contributed by atoms with E-state index in [2.05, 4.69) is 42.3 Å². The van der Waals surface area contributed by atoms with Gasteiger partial charge in [-0.3, -0.25) is 0 Å². The van der Waals surface area contributed by atoms with E-state index in [1.807, 2.05) is 0 Å². The first-order valence-electron chi connectivity index (χ1n) is 7.36. The summed E-state index contributed by atoms with van der Waals surface area (Å²) >= 11 is 0. The van der Waals surface area contributed by atoms with Crippen molar-refractivity contribution in [3.63, 3.8) is 0 Å². The second-order valence-corrected chi connectivity index (χ2v) is 5.68. The normalized spacial score (nSPS) is 11.7. The molecule has 21 heavy (non-hydrogen) atoms. The summed E-state index contributed by atoms with van der Waals surface area (Å²) in [6.45, 7) is 9.07. The summed E-state index contributed by atoms with van der Waals surface area (Å²) in [7, 11) is 2.08.